The minimum Gasteiger partial charge on any atom is -0.468 e. The predicted molar refractivity (Wildman–Crippen MR) is 170 cm³/mol. The zero-order valence-corrected chi connectivity index (χ0v) is 27.7. The van der Waals surface area contributed by atoms with E-state index in [4.69, 9.17) is 16.3 Å². The molecule has 2 amide bonds. The number of methoxy groups -OCH3 is 1. The normalized spacial score (nSPS) is 26.3. The summed E-state index contributed by atoms with van der Waals surface area (Å²) in [5.74, 6) is -2.98. The SMILES string of the molecule is CC[C@H](NC(C)=O)c1cc(C)c(Cl)cc1C1CCN(C(=O)[C@@H]2CC(N3C[C@H](O)C[C@@H]3C(=O)OC)C[C@H]2c2ccc(F)cc2F)CC1. The molecular weight excluding hydrogens is 616 g/mol. The van der Waals surface area contributed by atoms with Crippen LogP contribution in [0.15, 0.2) is 30.3 Å². The molecule has 6 atom stereocenters. The van der Waals surface area contributed by atoms with Crippen LogP contribution in [0.1, 0.15) is 92.5 Å². The number of hydrogen-bond donors (Lipinski definition) is 2. The summed E-state index contributed by atoms with van der Waals surface area (Å²) in [4.78, 5) is 42.5. The van der Waals surface area contributed by atoms with Gasteiger partial charge in [-0.2, -0.15) is 0 Å². The van der Waals surface area contributed by atoms with Crippen LogP contribution in [0.5, 0.6) is 0 Å². The quantitative estimate of drug-likeness (QED) is 0.369. The van der Waals surface area contributed by atoms with E-state index in [9.17, 15) is 23.9 Å². The van der Waals surface area contributed by atoms with Crippen LogP contribution in [-0.4, -0.2) is 77.6 Å². The standard InChI is InChI=1S/C35H44ClF2N3O5/c1-5-32(39-20(3)42)28-12-19(2)30(36)17-26(28)21-8-10-40(11-9-21)34(44)29-15-23(41-18-24(43)16-33(41)35(45)46-4)14-27(29)25-7-6-22(37)13-31(25)38/h6-7,12-13,17,21,23-24,27,29,32-33,43H,5,8-11,14-16,18H2,1-4H3,(H,39,42)/t23?,24-,27+,29-,32+,33-/m1/s1. The highest BCUT2D eigenvalue weighted by atomic mass is 35.5. The third kappa shape index (κ3) is 7.09. The van der Waals surface area contributed by atoms with Crippen molar-refractivity contribution in [1.29, 1.82) is 0 Å². The molecule has 1 unspecified atom stereocenters. The van der Waals surface area contributed by atoms with E-state index in [-0.39, 0.29) is 48.3 Å². The molecule has 2 heterocycles. The molecule has 8 nitrogen and oxygen atoms in total. The summed E-state index contributed by atoms with van der Waals surface area (Å²) in [7, 11) is 1.31. The van der Waals surface area contributed by atoms with Crippen molar-refractivity contribution in [1.82, 2.24) is 15.1 Å². The van der Waals surface area contributed by atoms with Gasteiger partial charge in [-0.15, -0.1) is 0 Å². The van der Waals surface area contributed by atoms with Gasteiger partial charge in [-0.25, -0.2) is 8.78 Å². The molecule has 2 aromatic rings. The van der Waals surface area contributed by atoms with Gasteiger partial charge in [0.05, 0.1) is 19.3 Å². The van der Waals surface area contributed by atoms with Crippen LogP contribution in [0.2, 0.25) is 5.02 Å². The molecule has 2 aromatic carbocycles. The van der Waals surface area contributed by atoms with Crippen molar-refractivity contribution >= 4 is 29.4 Å². The van der Waals surface area contributed by atoms with Crippen LogP contribution in [0.25, 0.3) is 0 Å². The molecule has 0 spiro atoms. The smallest absolute Gasteiger partial charge is 0.323 e. The number of ether oxygens (including phenoxy) is 1. The van der Waals surface area contributed by atoms with E-state index in [2.05, 4.69) is 11.4 Å². The van der Waals surface area contributed by atoms with Gasteiger partial charge in [0.25, 0.3) is 0 Å². The van der Waals surface area contributed by atoms with E-state index in [1.165, 1.54) is 26.2 Å². The average molecular weight is 660 g/mol. The second-order valence-corrected chi connectivity index (χ2v) is 13.5. The Morgan fingerprint density at radius 3 is 2.43 bits per heavy atom. The molecular formula is C35H44ClF2N3O5. The van der Waals surface area contributed by atoms with Crippen molar-refractivity contribution in [2.75, 3.05) is 26.7 Å². The molecule has 3 fully saturated rings. The molecule has 1 saturated carbocycles. The summed E-state index contributed by atoms with van der Waals surface area (Å²) in [6.45, 7) is 6.74. The Labute approximate surface area is 274 Å². The number of carbonyl (C=O) groups excluding carboxylic acids is 3. The highest BCUT2D eigenvalue weighted by Gasteiger charge is 2.49. The summed E-state index contributed by atoms with van der Waals surface area (Å²) in [6.07, 6.45) is 2.41. The lowest BCUT2D eigenvalue weighted by molar-refractivity contribution is -0.146. The number of halogens is 3. The summed E-state index contributed by atoms with van der Waals surface area (Å²) in [6, 6.07) is 6.47. The lowest BCUT2D eigenvalue weighted by atomic mass is 9.82. The monoisotopic (exact) mass is 659 g/mol. The van der Waals surface area contributed by atoms with Crippen molar-refractivity contribution in [2.45, 2.75) is 95.4 Å². The van der Waals surface area contributed by atoms with E-state index < -0.39 is 41.6 Å². The first-order valence-corrected chi connectivity index (χ1v) is 16.6. The minimum absolute atomic E-state index is 0.0871. The number of esters is 1. The van der Waals surface area contributed by atoms with Crippen molar-refractivity contribution in [3.8, 4) is 0 Å². The third-order valence-electron chi connectivity index (χ3n) is 10.2. The number of likely N-dealkylation sites (tertiary alicyclic amines) is 2. The number of aliphatic hydroxyl groups excluding tert-OH is 1. The zero-order valence-electron chi connectivity index (χ0n) is 26.9. The van der Waals surface area contributed by atoms with E-state index in [1.807, 2.05) is 29.7 Å². The van der Waals surface area contributed by atoms with E-state index in [1.54, 1.807) is 0 Å². The average Bonchev–Trinajstić information content (AvgIpc) is 3.64. The minimum atomic E-state index is -0.711. The first-order chi connectivity index (χ1) is 21.9. The molecule has 0 bridgehead atoms. The Morgan fingerprint density at radius 1 is 1.09 bits per heavy atom. The first kappa shape index (κ1) is 34.3. The largest absolute Gasteiger partial charge is 0.468 e. The highest BCUT2D eigenvalue weighted by molar-refractivity contribution is 6.31. The fraction of sp³-hybridized carbons (Fsp3) is 0.571. The van der Waals surface area contributed by atoms with Gasteiger partial charge in [0.15, 0.2) is 0 Å². The maximum absolute atomic E-state index is 15.2. The number of aryl methyl sites for hydroxylation is 1. The van der Waals surface area contributed by atoms with Gasteiger partial charge in [-0.3, -0.25) is 19.3 Å². The number of rotatable bonds is 8. The molecule has 1 aliphatic carbocycles. The lowest BCUT2D eigenvalue weighted by Crippen LogP contribution is -2.44. The summed E-state index contributed by atoms with van der Waals surface area (Å²) in [5.41, 5.74) is 3.35. The Balaban J connectivity index is 1.37. The Hall–Kier alpha value is -3.08. The molecule has 2 N–H and O–H groups in total. The Kier molecular flexibility index (Phi) is 10.7. The molecule has 0 aromatic heterocycles. The van der Waals surface area contributed by atoms with Crippen molar-refractivity contribution < 1.29 is 33.0 Å². The number of aliphatic hydroxyl groups is 1. The lowest BCUT2D eigenvalue weighted by Gasteiger charge is -2.36. The topological polar surface area (TPSA) is 99.2 Å². The number of nitrogens with one attached hydrogen (secondary N) is 1. The number of hydrogen-bond acceptors (Lipinski definition) is 6. The van der Waals surface area contributed by atoms with Crippen molar-refractivity contribution in [2.24, 2.45) is 5.92 Å². The van der Waals surface area contributed by atoms with E-state index in [0.29, 0.717) is 43.8 Å². The van der Waals surface area contributed by atoms with Crippen LogP contribution in [0.4, 0.5) is 8.78 Å². The summed E-state index contributed by atoms with van der Waals surface area (Å²) in [5, 5.41) is 14.1. The van der Waals surface area contributed by atoms with E-state index >= 15 is 4.39 Å². The molecule has 2 saturated heterocycles. The zero-order chi connectivity index (χ0) is 33.3. The number of β-amino-alcohol motifs (C(OH)–C–C–N with tert-alkyl or cyclic N) is 1. The van der Waals surface area contributed by atoms with Gasteiger partial charge in [-0.05, 0) is 85.3 Å². The van der Waals surface area contributed by atoms with Crippen molar-refractivity contribution in [3.63, 3.8) is 0 Å². The molecule has 250 valence electrons. The van der Waals surface area contributed by atoms with Crippen LogP contribution >= 0.6 is 11.6 Å². The van der Waals surface area contributed by atoms with Gasteiger partial charge in [-0.1, -0.05) is 30.7 Å². The predicted octanol–water partition coefficient (Wildman–Crippen LogP) is 5.39. The Morgan fingerprint density at radius 2 is 1.80 bits per heavy atom. The summed E-state index contributed by atoms with van der Waals surface area (Å²) >= 11 is 6.58. The van der Waals surface area contributed by atoms with Crippen LogP contribution in [0, 0.1) is 24.5 Å². The Bertz CT molecular complexity index is 1470. The number of carbonyl (C=O) groups is 3. The number of piperidine rings is 1. The summed E-state index contributed by atoms with van der Waals surface area (Å²) < 4.78 is 34.1. The second kappa shape index (κ2) is 14.4. The molecule has 3 aliphatic rings. The maximum atomic E-state index is 15.2. The maximum Gasteiger partial charge on any atom is 0.323 e. The molecule has 11 heteroatoms. The molecule has 5 rings (SSSR count). The molecule has 0 radical (unpaired) electrons. The van der Waals surface area contributed by atoms with Crippen LogP contribution < -0.4 is 5.32 Å². The number of benzene rings is 2. The van der Waals surface area contributed by atoms with Gasteiger partial charge >= 0.3 is 5.97 Å². The van der Waals surface area contributed by atoms with Gasteiger partial charge in [0, 0.05) is 56.0 Å². The molecule has 2 aliphatic heterocycles. The van der Waals surface area contributed by atoms with E-state index in [0.717, 1.165) is 29.2 Å². The van der Waals surface area contributed by atoms with Crippen molar-refractivity contribution in [3.05, 3.63) is 69.2 Å². The number of nitrogens with zero attached hydrogens (tertiary/aromatic N) is 2. The fourth-order valence-corrected chi connectivity index (χ4v) is 8.15. The van der Waals surface area contributed by atoms with Gasteiger partial charge < -0.3 is 20.1 Å². The first-order valence-electron chi connectivity index (χ1n) is 16.2. The fourth-order valence-electron chi connectivity index (χ4n) is 7.98. The van der Waals surface area contributed by atoms with Gasteiger partial charge in [0.2, 0.25) is 11.8 Å². The van der Waals surface area contributed by atoms with Crippen LogP contribution in [-0.2, 0) is 19.1 Å². The highest BCUT2D eigenvalue weighted by Crippen LogP contribution is 2.46. The second-order valence-electron chi connectivity index (χ2n) is 13.1. The van der Waals surface area contributed by atoms with Crippen LogP contribution in [0.3, 0.4) is 0 Å². The third-order valence-corrected chi connectivity index (χ3v) is 10.7. The van der Waals surface area contributed by atoms with Gasteiger partial charge in [0.1, 0.15) is 17.7 Å². The molecule has 46 heavy (non-hydrogen) atoms. The number of amides is 2.